The van der Waals surface area contributed by atoms with Crippen LogP contribution in [0.15, 0.2) is 18.2 Å². The van der Waals surface area contributed by atoms with Crippen LogP contribution in [0, 0.1) is 0 Å². The number of ether oxygens (including phenoxy) is 3. The van der Waals surface area contributed by atoms with E-state index in [0.717, 1.165) is 42.9 Å². The van der Waals surface area contributed by atoms with Crippen LogP contribution in [-0.4, -0.2) is 31.0 Å². The lowest BCUT2D eigenvalue weighted by Gasteiger charge is -2.40. The van der Waals surface area contributed by atoms with E-state index in [9.17, 15) is 5.11 Å². The van der Waals surface area contributed by atoms with Crippen LogP contribution < -0.4 is 9.47 Å². The van der Waals surface area contributed by atoms with Crippen molar-refractivity contribution in [3.63, 3.8) is 0 Å². The van der Waals surface area contributed by atoms with Gasteiger partial charge in [0.1, 0.15) is 17.1 Å². The Hall–Kier alpha value is -1.26. The maximum absolute atomic E-state index is 10.4. The van der Waals surface area contributed by atoms with Gasteiger partial charge in [0.15, 0.2) is 0 Å². The Kier molecular flexibility index (Phi) is 3.37. The molecule has 0 bridgehead atoms. The first-order valence-electron chi connectivity index (χ1n) is 6.85. The molecule has 2 aliphatic heterocycles. The number of benzene rings is 1. The summed E-state index contributed by atoms with van der Waals surface area (Å²) < 4.78 is 16.9. The highest BCUT2D eigenvalue weighted by molar-refractivity contribution is 5.43. The fraction of sp³-hybridized carbons (Fsp3) is 0.600. The SMILES string of the molecule is COc1ccc2c(c1)[C@H](O)CC1(CCCOCC1)O2. The number of aliphatic hydroxyl groups is 1. The van der Waals surface area contributed by atoms with Gasteiger partial charge in [-0.25, -0.2) is 0 Å². The molecule has 0 saturated carbocycles. The molecule has 1 saturated heterocycles. The van der Waals surface area contributed by atoms with Crippen molar-refractivity contribution in [2.24, 2.45) is 0 Å². The lowest BCUT2D eigenvalue weighted by molar-refractivity contribution is -0.0273. The van der Waals surface area contributed by atoms with Gasteiger partial charge in [0, 0.05) is 25.0 Å². The Morgan fingerprint density at radius 2 is 2.21 bits per heavy atom. The Morgan fingerprint density at radius 1 is 1.32 bits per heavy atom. The van der Waals surface area contributed by atoms with E-state index in [1.807, 2.05) is 18.2 Å². The maximum atomic E-state index is 10.4. The highest BCUT2D eigenvalue weighted by atomic mass is 16.5. The summed E-state index contributed by atoms with van der Waals surface area (Å²) >= 11 is 0. The van der Waals surface area contributed by atoms with Crippen LogP contribution in [0.4, 0.5) is 0 Å². The first-order chi connectivity index (χ1) is 9.22. The smallest absolute Gasteiger partial charge is 0.126 e. The summed E-state index contributed by atoms with van der Waals surface area (Å²) in [5, 5.41) is 10.4. The van der Waals surface area contributed by atoms with Gasteiger partial charge in [0.05, 0.1) is 19.8 Å². The maximum Gasteiger partial charge on any atom is 0.126 e. The predicted molar refractivity (Wildman–Crippen MR) is 70.6 cm³/mol. The number of rotatable bonds is 1. The quantitative estimate of drug-likeness (QED) is 0.846. The van der Waals surface area contributed by atoms with Crippen LogP contribution in [0.1, 0.15) is 37.4 Å². The zero-order valence-corrected chi connectivity index (χ0v) is 11.2. The van der Waals surface area contributed by atoms with E-state index in [-0.39, 0.29) is 5.60 Å². The predicted octanol–water partition coefficient (Wildman–Crippen LogP) is 2.45. The van der Waals surface area contributed by atoms with E-state index in [1.165, 1.54) is 0 Å². The average Bonchev–Trinajstić information content (AvgIpc) is 2.64. The summed E-state index contributed by atoms with van der Waals surface area (Å²) in [7, 11) is 1.63. The molecule has 1 fully saturated rings. The first kappa shape index (κ1) is 12.8. The Balaban J connectivity index is 1.90. The van der Waals surface area contributed by atoms with Gasteiger partial charge in [-0.2, -0.15) is 0 Å². The summed E-state index contributed by atoms with van der Waals surface area (Å²) in [6.45, 7) is 1.49. The number of hydrogen-bond donors (Lipinski definition) is 1. The van der Waals surface area contributed by atoms with Crippen LogP contribution in [0.25, 0.3) is 0 Å². The second-order valence-corrected chi connectivity index (χ2v) is 5.37. The standard InChI is InChI=1S/C15H20O4/c1-17-11-3-4-14-12(9-11)13(16)10-15(19-14)5-2-7-18-8-6-15/h3-4,9,13,16H,2,5-8,10H2,1H3/t13-,15?/m1/s1. The fourth-order valence-electron chi connectivity index (χ4n) is 3.03. The molecular formula is C15H20O4. The molecule has 0 aromatic heterocycles. The molecule has 19 heavy (non-hydrogen) atoms. The van der Waals surface area contributed by atoms with Crippen LogP contribution in [0.2, 0.25) is 0 Å². The molecule has 3 rings (SSSR count). The third-order valence-electron chi connectivity index (χ3n) is 4.09. The van der Waals surface area contributed by atoms with Crippen molar-refractivity contribution in [3.05, 3.63) is 23.8 Å². The molecule has 0 radical (unpaired) electrons. The lowest BCUT2D eigenvalue weighted by atomic mass is 9.83. The van der Waals surface area contributed by atoms with Crippen molar-refractivity contribution in [2.45, 2.75) is 37.4 Å². The van der Waals surface area contributed by atoms with Gasteiger partial charge in [-0.05, 0) is 31.0 Å². The molecule has 0 aliphatic carbocycles. The normalized spacial score (nSPS) is 30.3. The van der Waals surface area contributed by atoms with Crippen LogP contribution in [0.3, 0.4) is 0 Å². The van der Waals surface area contributed by atoms with Crippen molar-refractivity contribution in [3.8, 4) is 11.5 Å². The van der Waals surface area contributed by atoms with Crippen molar-refractivity contribution in [1.82, 2.24) is 0 Å². The van der Waals surface area contributed by atoms with Crippen LogP contribution >= 0.6 is 0 Å². The molecule has 1 aromatic rings. The fourth-order valence-corrected chi connectivity index (χ4v) is 3.03. The molecule has 0 amide bonds. The number of fused-ring (bicyclic) bond motifs is 1. The minimum Gasteiger partial charge on any atom is -0.497 e. The Labute approximate surface area is 113 Å². The van der Waals surface area contributed by atoms with E-state index in [0.29, 0.717) is 13.0 Å². The highest BCUT2D eigenvalue weighted by Gasteiger charge is 2.40. The van der Waals surface area contributed by atoms with E-state index < -0.39 is 6.10 Å². The summed E-state index contributed by atoms with van der Waals surface area (Å²) in [5.74, 6) is 1.53. The molecule has 1 N–H and O–H groups in total. The molecule has 2 heterocycles. The van der Waals surface area contributed by atoms with E-state index >= 15 is 0 Å². The zero-order chi connectivity index (χ0) is 13.3. The summed E-state index contributed by atoms with van der Waals surface area (Å²) in [4.78, 5) is 0. The molecule has 1 unspecified atom stereocenters. The molecule has 1 spiro atoms. The largest absolute Gasteiger partial charge is 0.497 e. The van der Waals surface area contributed by atoms with Gasteiger partial charge in [-0.15, -0.1) is 0 Å². The molecule has 4 nitrogen and oxygen atoms in total. The van der Waals surface area contributed by atoms with E-state index in [1.54, 1.807) is 7.11 Å². The monoisotopic (exact) mass is 264 g/mol. The van der Waals surface area contributed by atoms with Gasteiger partial charge < -0.3 is 19.3 Å². The molecule has 104 valence electrons. The first-order valence-corrected chi connectivity index (χ1v) is 6.85. The molecule has 2 atom stereocenters. The summed E-state index contributed by atoms with van der Waals surface area (Å²) in [5.41, 5.74) is 0.562. The van der Waals surface area contributed by atoms with Crippen LogP contribution in [0.5, 0.6) is 11.5 Å². The summed E-state index contributed by atoms with van der Waals surface area (Å²) in [6.07, 6.45) is 2.91. The molecule has 1 aromatic carbocycles. The second-order valence-electron chi connectivity index (χ2n) is 5.37. The van der Waals surface area contributed by atoms with E-state index in [4.69, 9.17) is 14.2 Å². The van der Waals surface area contributed by atoms with E-state index in [2.05, 4.69) is 0 Å². The van der Waals surface area contributed by atoms with Crippen molar-refractivity contribution >= 4 is 0 Å². The van der Waals surface area contributed by atoms with Crippen LogP contribution in [-0.2, 0) is 4.74 Å². The van der Waals surface area contributed by atoms with Crippen molar-refractivity contribution < 1.29 is 19.3 Å². The Bertz CT molecular complexity index is 449. The third kappa shape index (κ3) is 2.42. The van der Waals surface area contributed by atoms with Crippen molar-refractivity contribution in [1.29, 1.82) is 0 Å². The molecule has 2 aliphatic rings. The van der Waals surface area contributed by atoms with Gasteiger partial charge >= 0.3 is 0 Å². The van der Waals surface area contributed by atoms with Gasteiger partial charge in [0.2, 0.25) is 0 Å². The van der Waals surface area contributed by atoms with Crippen molar-refractivity contribution in [2.75, 3.05) is 20.3 Å². The third-order valence-corrected chi connectivity index (χ3v) is 4.09. The number of aliphatic hydroxyl groups excluding tert-OH is 1. The topological polar surface area (TPSA) is 47.9 Å². The lowest BCUT2D eigenvalue weighted by Crippen LogP contribution is -2.41. The average molecular weight is 264 g/mol. The van der Waals surface area contributed by atoms with Gasteiger partial charge in [-0.1, -0.05) is 0 Å². The zero-order valence-electron chi connectivity index (χ0n) is 11.2. The van der Waals surface area contributed by atoms with Gasteiger partial charge in [0.25, 0.3) is 0 Å². The highest BCUT2D eigenvalue weighted by Crippen LogP contribution is 2.45. The molecule has 4 heteroatoms. The Morgan fingerprint density at radius 3 is 3.05 bits per heavy atom. The summed E-state index contributed by atoms with van der Waals surface area (Å²) in [6, 6.07) is 5.63. The minimum absolute atomic E-state index is 0.266. The number of hydrogen-bond acceptors (Lipinski definition) is 4. The minimum atomic E-state index is -0.489. The molecular weight excluding hydrogens is 244 g/mol. The van der Waals surface area contributed by atoms with Gasteiger partial charge in [-0.3, -0.25) is 0 Å². The second kappa shape index (κ2) is 5.02. The number of methoxy groups -OCH3 is 1.